The molecule has 0 saturated carbocycles. The highest BCUT2D eigenvalue weighted by molar-refractivity contribution is 5.67. The normalized spacial score (nSPS) is 14.8. The molecule has 4 rings (SSSR count). The minimum atomic E-state index is -0.533. The van der Waals surface area contributed by atoms with Gasteiger partial charge in [-0.15, -0.1) is 0 Å². The molecule has 37 heavy (non-hydrogen) atoms. The Labute approximate surface area is 218 Å². The van der Waals surface area contributed by atoms with Gasteiger partial charge in [0, 0.05) is 23.4 Å². The Hall–Kier alpha value is -3.36. The van der Waals surface area contributed by atoms with Gasteiger partial charge in [0.05, 0.1) is 6.54 Å². The summed E-state index contributed by atoms with van der Waals surface area (Å²) in [5.41, 5.74) is 5.81. The summed E-state index contributed by atoms with van der Waals surface area (Å²) in [6.45, 7) is 17.7. The number of aromatic nitrogens is 4. The molecule has 0 fully saturated rings. The molecule has 3 aromatic rings. The lowest BCUT2D eigenvalue weighted by molar-refractivity contribution is 0.0520. The van der Waals surface area contributed by atoms with Crippen LogP contribution in [0.25, 0.3) is 23.0 Å². The summed E-state index contributed by atoms with van der Waals surface area (Å²) in [7, 11) is 0. The largest absolute Gasteiger partial charge is 0.491 e. The molecular weight excluding hydrogens is 470 g/mol. The number of hydrogen-bond acceptors (Lipinski definition) is 7. The van der Waals surface area contributed by atoms with E-state index in [1.54, 1.807) is 0 Å². The van der Waals surface area contributed by atoms with E-state index >= 15 is 0 Å². The maximum Gasteiger partial charge on any atom is 0.407 e. The average Bonchev–Trinajstić information content (AvgIpc) is 3.40. The molecule has 1 N–H and O–H groups in total. The molecule has 200 valence electrons. The number of ether oxygens (including phenoxy) is 2. The number of nitrogens with one attached hydrogen (secondary N) is 1. The van der Waals surface area contributed by atoms with E-state index in [-0.39, 0.29) is 5.41 Å². The summed E-state index contributed by atoms with van der Waals surface area (Å²) in [5, 5.41) is 11.9. The minimum Gasteiger partial charge on any atom is -0.491 e. The number of benzene rings is 1. The predicted octanol–water partition coefficient (Wildman–Crippen LogP) is 5.66. The first-order chi connectivity index (χ1) is 17.4. The van der Waals surface area contributed by atoms with Crippen LogP contribution in [0.2, 0.25) is 0 Å². The topological polar surface area (TPSA) is 104 Å². The van der Waals surface area contributed by atoms with E-state index in [9.17, 15) is 4.79 Å². The third kappa shape index (κ3) is 6.14. The van der Waals surface area contributed by atoms with Crippen molar-refractivity contribution in [1.29, 1.82) is 0 Å². The van der Waals surface area contributed by atoms with E-state index in [1.807, 2.05) is 46.8 Å². The molecule has 1 aliphatic carbocycles. The van der Waals surface area contributed by atoms with E-state index in [0.717, 1.165) is 53.9 Å². The summed E-state index contributed by atoms with van der Waals surface area (Å²) in [5.74, 6) is 1.75. The van der Waals surface area contributed by atoms with Gasteiger partial charge in [-0.05, 0) is 89.5 Å². The van der Waals surface area contributed by atoms with Crippen molar-refractivity contribution in [3.63, 3.8) is 0 Å². The van der Waals surface area contributed by atoms with E-state index in [1.165, 1.54) is 11.3 Å². The molecule has 0 radical (unpaired) electrons. The molecule has 0 bridgehead atoms. The molecule has 2 heterocycles. The van der Waals surface area contributed by atoms with Crippen LogP contribution in [0.4, 0.5) is 4.79 Å². The lowest BCUT2D eigenvalue weighted by atomic mass is 9.76. The summed E-state index contributed by atoms with van der Waals surface area (Å²) in [4.78, 5) is 16.5. The van der Waals surface area contributed by atoms with Crippen molar-refractivity contribution in [3.05, 3.63) is 34.5 Å². The second-order valence-corrected chi connectivity index (χ2v) is 11.6. The Morgan fingerprint density at radius 2 is 1.92 bits per heavy atom. The number of alkyl carbamates (subject to hydrolysis) is 1. The van der Waals surface area contributed by atoms with Crippen LogP contribution in [-0.2, 0) is 24.1 Å². The van der Waals surface area contributed by atoms with Crippen LogP contribution in [0.1, 0.15) is 70.3 Å². The highest BCUT2D eigenvalue weighted by Gasteiger charge is 2.32. The number of amides is 1. The maximum absolute atomic E-state index is 11.8. The lowest BCUT2D eigenvalue weighted by Gasteiger charge is -2.30. The third-order valence-corrected chi connectivity index (χ3v) is 6.53. The number of fused-ring (bicyclic) bond motifs is 1. The van der Waals surface area contributed by atoms with Crippen LogP contribution in [0, 0.1) is 19.3 Å². The van der Waals surface area contributed by atoms with E-state index < -0.39 is 11.7 Å². The Balaban J connectivity index is 1.47. The van der Waals surface area contributed by atoms with Crippen LogP contribution in [-0.4, -0.2) is 44.8 Å². The van der Waals surface area contributed by atoms with E-state index in [0.29, 0.717) is 24.9 Å². The van der Waals surface area contributed by atoms with Crippen LogP contribution < -0.4 is 10.1 Å². The van der Waals surface area contributed by atoms with Crippen LogP contribution in [0.15, 0.2) is 16.7 Å². The standard InChI is InChI=1S/C28H39N5O4/c1-9-33-21-16-28(7,8)11-10-20(21)22(31-33)24-30-25(37-32-24)19-14-17(2)23(18(3)15-19)35-13-12-29-26(34)36-27(4,5)6/h14-15H,9-13,16H2,1-8H3,(H,29,34). The van der Waals surface area contributed by atoms with Crippen LogP contribution in [0.3, 0.4) is 0 Å². The molecule has 9 nitrogen and oxygen atoms in total. The molecule has 1 aliphatic rings. The first-order valence-electron chi connectivity index (χ1n) is 13.0. The number of nitrogens with zero attached hydrogens (tertiary/aromatic N) is 4. The number of aryl methyl sites for hydroxylation is 3. The van der Waals surface area contributed by atoms with Crippen molar-refractivity contribution in [1.82, 2.24) is 25.2 Å². The maximum atomic E-state index is 11.8. The second-order valence-electron chi connectivity index (χ2n) is 11.6. The SMILES string of the molecule is CCn1nc(-c2noc(-c3cc(C)c(OCCNC(=O)OC(C)(C)C)c(C)c3)n2)c2c1CC(C)(C)CC2. The third-order valence-electron chi connectivity index (χ3n) is 6.53. The average molecular weight is 510 g/mol. The molecule has 0 atom stereocenters. The fourth-order valence-corrected chi connectivity index (χ4v) is 4.80. The molecule has 9 heteroatoms. The van der Waals surface area contributed by atoms with Crippen molar-refractivity contribution < 1.29 is 18.8 Å². The molecule has 0 saturated heterocycles. The molecule has 1 amide bonds. The predicted molar refractivity (Wildman–Crippen MR) is 142 cm³/mol. The first kappa shape index (κ1) is 26.7. The van der Waals surface area contributed by atoms with Gasteiger partial charge in [-0.3, -0.25) is 4.68 Å². The molecule has 0 aliphatic heterocycles. The van der Waals surface area contributed by atoms with Gasteiger partial charge in [-0.25, -0.2) is 4.79 Å². The monoisotopic (exact) mass is 509 g/mol. The second kappa shape index (κ2) is 10.2. The minimum absolute atomic E-state index is 0.268. The highest BCUT2D eigenvalue weighted by atomic mass is 16.6. The van der Waals surface area contributed by atoms with Gasteiger partial charge >= 0.3 is 6.09 Å². The number of hydrogen-bond donors (Lipinski definition) is 1. The van der Waals surface area contributed by atoms with Gasteiger partial charge in [-0.2, -0.15) is 10.1 Å². The Morgan fingerprint density at radius 1 is 1.22 bits per heavy atom. The fraction of sp³-hybridized carbons (Fsp3) is 0.571. The smallest absolute Gasteiger partial charge is 0.407 e. The fourth-order valence-electron chi connectivity index (χ4n) is 4.80. The summed E-state index contributed by atoms with van der Waals surface area (Å²) in [6, 6.07) is 3.95. The van der Waals surface area contributed by atoms with E-state index in [2.05, 4.69) is 35.9 Å². The van der Waals surface area contributed by atoms with Gasteiger partial charge in [-0.1, -0.05) is 19.0 Å². The molecule has 0 unspecified atom stereocenters. The Bertz CT molecular complexity index is 1260. The summed E-state index contributed by atoms with van der Waals surface area (Å²) < 4.78 is 19.0. The summed E-state index contributed by atoms with van der Waals surface area (Å²) in [6.07, 6.45) is 2.62. The van der Waals surface area contributed by atoms with Gasteiger partial charge in [0.1, 0.15) is 23.7 Å². The Kier molecular flexibility index (Phi) is 7.35. The lowest BCUT2D eigenvalue weighted by Crippen LogP contribution is -2.34. The van der Waals surface area contributed by atoms with Crippen molar-refractivity contribution in [2.24, 2.45) is 5.41 Å². The van der Waals surface area contributed by atoms with Crippen LogP contribution in [0.5, 0.6) is 5.75 Å². The molecule has 0 spiro atoms. The van der Waals surface area contributed by atoms with Crippen molar-refractivity contribution in [2.75, 3.05) is 13.2 Å². The first-order valence-corrected chi connectivity index (χ1v) is 13.0. The van der Waals surface area contributed by atoms with Crippen molar-refractivity contribution >= 4 is 6.09 Å². The van der Waals surface area contributed by atoms with Gasteiger partial charge < -0.3 is 19.3 Å². The summed E-state index contributed by atoms with van der Waals surface area (Å²) >= 11 is 0. The zero-order valence-corrected chi connectivity index (χ0v) is 23.3. The van der Waals surface area contributed by atoms with Crippen LogP contribution >= 0.6 is 0 Å². The number of rotatable bonds is 7. The number of carbonyl (C=O) groups is 1. The quantitative estimate of drug-likeness (QED) is 0.410. The highest BCUT2D eigenvalue weighted by Crippen LogP contribution is 2.39. The van der Waals surface area contributed by atoms with Crippen molar-refractivity contribution in [3.8, 4) is 28.7 Å². The van der Waals surface area contributed by atoms with Crippen molar-refractivity contribution in [2.45, 2.75) is 86.8 Å². The van der Waals surface area contributed by atoms with Gasteiger partial charge in [0.2, 0.25) is 5.82 Å². The van der Waals surface area contributed by atoms with E-state index in [4.69, 9.17) is 24.1 Å². The molecule has 2 aromatic heterocycles. The number of carbonyl (C=O) groups excluding carboxylic acids is 1. The Morgan fingerprint density at radius 3 is 2.57 bits per heavy atom. The van der Waals surface area contributed by atoms with Gasteiger partial charge in [0.25, 0.3) is 5.89 Å². The molecule has 1 aromatic carbocycles. The zero-order valence-electron chi connectivity index (χ0n) is 23.3. The molecular formula is C28H39N5O4. The van der Waals surface area contributed by atoms with Gasteiger partial charge in [0.15, 0.2) is 0 Å². The zero-order chi connectivity index (χ0) is 27.0.